The van der Waals surface area contributed by atoms with Crippen LogP contribution in [0.25, 0.3) is 55.3 Å². The molecule has 1 nitrogen and oxygen atoms in total. The summed E-state index contributed by atoms with van der Waals surface area (Å²) in [5.41, 5.74) is 15.8. The molecule has 0 saturated heterocycles. The highest BCUT2D eigenvalue weighted by Gasteiger charge is 2.41. The van der Waals surface area contributed by atoms with E-state index in [4.69, 9.17) is 0 Å². The van der Waals surface area contributed by atoms with Crippen molar-refractivity contribution in [3.8, 4) is 44.5 Å². The summed E-state index contributed by atoms with van der Waals surface area (Å²) in [7, 11) is 0. The zero-order valence-corrected chi connectivity index (χ0v) is 28.3. The molecule has 0 bridgehead atoms. The van der Waals surface area contributed by atoms with E-state index >= 15 is 0 Å². The highest BCUT2D eigenvalue weighted by molar-refractivity contribution is 6.16. The van der Waals surface area contributed by atoms with E-state index in [0.29, 0.717) is 0 Å². The highest BCUT2D eigenvalue weighted by Crippen LogP contribution is 2.60. The minimum atomic E-state index is -0.197. The van der Waals surface area contributed by atoms with Crippen molar-refractivity contribution in [3.05, 3.63) is 199 Å². The van der Waals surface area contributed by atoms with Gasteiger partial charge in [-0.05, 0) is 67.9 Å². The summed E-state index contributed by atoms with van der Waals surface area (Å²) in [6.45, 7) is 4.79. The van der Waals surface area contributed by atoms with Gasteiger partial charge in [0.05, 0.1) is 11.4 Å². The third kappa shape index (κ3) is 4.77. The highest BCUT2D eigenvalue weighted by atomic mass is 15.2. The van der Waals surface area contributed by atoms with Crippen LogP contribution in [0.1, 0.15) is 25.0 Å². The monoisotopic (exact) mass is 639 g/mol. The lowest BCUT2D eigenvalue weighted by molar-refractivity contribution is 0.666. The Morgan fingerprint density at radius 3 is 1.56 bits per heavy atom. The second-order valence-electron chi connectivity index (χ2n) is 13.7. The molecule has 0 heterocycles. The van der Waals surface area contributed by atoms with Gasteiger partial charge in [-0.15, -0.1) is 0 Å². The van der Waals surface area contributed by atoms with Gasteiger partial charge in [-0.25, -0.2) is 0 Å². The number of rotatable bonds is 6. The fourth-order valence-corrected chi connectivity index (χ4v) is 8.19. The quantitative estimate of drug-likeness (QED) is 0.175. The molecule has 1 aliphatic rings. The van der Waals surface area contributed by atoms with E-state index in [-0.39, 0.29) is 5.41 Å². The Kier molecular flexibility index (Phi) is 7.21. The first-order valence-electron chi connectivity index (χ1n) is 17.5. The third-order valence-electron chi connectivity index (χ3n) is 10.4. The third-order valence-corrected chi connectivity index (χ3v) is 10.4. The zero-order chi connectivity index (χ0) is 33.7. The SMILES string of the molecule is CC1(C)c2ccccc2-c2c(N(c3ccc(-c4ccccc4)cc3)c3ccccc3-c3ccccc3)c(-c3ccccc3)c3ccccc3c21. The summed E-state index contributed by atoms with van der Waals surface area (Å²) >= 11 is 0. The number of anilines is 3. The molecule has 0 saturated carbocycles. The lowest BCUT2D eigenvalue weighted by Crippen LogP contribution is -2.18. The number of fused-ring (bicyclic) bond motifs is 5. The minimum Gasteiger partial charge on any atom is -0.309 e. The molecule has 0 N–H and O–H groups in total. The van der Waals surface area contributed by atoms with Crippen molar-refractivity contribution in [1.82, 2.24) is 0 Å². The van der Waals surface area contributed by atoms with Crippen LogP contribution in [0.4, 0.5) is 17.1 Å². The first-order chi connectivity index (χ1) is 24.6. The molecule has 0 aliphatic heterocycles. The Morgan fingerprint density at radius 1 is 0.380 bits per heavy atom. The zero-order valence-electron chi connectivity index (χ0n) is 28.3. The van der Waals surface area contributed by atoms with E-state index in [1.54, 1.807) is 0 Å². The van der Waals surface area contributed by atoms with Crippen LogP contribution in [0.3, 0.4) is 0 Å². The van der Waals surface area contributed by atoms with Crippen LogP contribution in [0.15, 0.2) is 188 Å². The van der Waals surface area contributed by atoms with Crippen molar-refractivity contribution in [2.45, 2.75) is 19.3 Å². The van der Waals surface area contributed by atoms with Crippen molar-refractivity contribution in [3.63, 3.8) is 0 Å². The van der Waals surface area contributed by atoms with Gasteiger partial charge in [-0.2, -0.15) is 0 Å². The van der Waals surface area contributed by atoms with E-state index in [9.17, 15) is 0 Å². The predicted octanol–water partition coefficient (Wildman–Crippen LogP) is 13.6. The Labute approximate surface area is 294 Å². The molecule has 0 amide bonds. The van der Waals surface area contributed by atoms with Crippen molar-refractivity contribution >= 4 is 27.8 Å². The maximum atomic E-state index is 2.54. The van der Waals surface area contributed by atoms with Gasteiger partial charge >= 0.3 is 0 Å². The van der Waals surface area contributed by atoms with Crippen molar-refractivity contribution in [1.29, 1.82) is 0 Å². The van der Waals surface area contributed by atoms with Crippen LogP contribution in [0.5, 0.6) is 0 Å². The lowest BCUT2D eigenvalue weighted by atomic mass is 9.78. The van der Waals surface area contributed by atoms with Gasteiger partial charge in [-0.3, -0.25) is 0 Å². The van der Waals surface area contributed by atoms with Crippen LogP contribution in [-0.2, 0) is 5.41 Å². The van der Waals surface area contributed by atoms with Crippen LogP contribution in [0, 0.1) is 0 Å². The number of hydrogen-bond donors (Lipinski definition) is 0. The first kappa shape index (κ1) is 29.9. The van der Waals surface area contributed by atoms with E-state index < -0.39 is 0 Å². The van der Waals surface area contributed by atoms with Gasteiger partial charge in [0.1, 0.15) is 0 Å². The summed E-state index contributed by atoms with van der Waals surface area (Å²) in [5, 5.41) is 2.57. The van der Waals surface area contributed by atoms with Crippen LogP contribution in [0.2, 0.25) is 0 Å². The van der Waals surface area contributed by atoms with Crippen molar-refractivity contribution < 1.29 is 0 Å². The van der Waals surface area contributed by atoms with Gasteiger partial charge in [0, 0.05) is 27.8 Å². The second kappa shape index (κ2) is 12.1. The largest absolute Gasteiger partial charge is 0.309 e. The molecule has 50 heavy (non-hydrogen) atoms. The summed E-state index contributed by atoms with van der Waals surface area (Å²) < 4.78 is 0. The van der Waals surface area contributed by atoms with Crippen LogP contribution >= 0.6 is 0 Å². The van der Waals surface area contributed by atoms with Crippen LogP contribution < -0.4 is 4.90 Å². The van der Waals surface area contributed by atoms with Crippen molar-refractivity contribution in [2.24, 2.45) is 0 Å². The molecular weight excluding hydrogens is 603 g/mol. The standard InChI is InChI=1S/C49H37N/c1-49(2)43-28-16-14-27-42(43)46-47(49)41-26-13-12-25-40(41)45(37-22-10-5-11-23-37)48(46)50(38-32-30-35(31-33-38)34-18-6-3-7-19-34)44-29-17-15-24-39(44)36-20-8-4-9-21-36/h3-33H,1-2H3. The first-order valence-corrected chi connectivity index (χ1v) is 17.5. The Hall–Kier alpha value is -6.18. The molecule has 9 rings (SSSR count). The second-order valence-corrected chi connectivity index (χ2v) is 13.7. The molecule has 8 aromatic rings. The van der Waals surface area contributed by atoms with Gasteiger partial charge in [0.15, 0.2) is 0 Å². The molecule has 238 valence electrons. The average molecular weight is 640 g/mol. The summed E-state index contributed by atoms with van der Waals surface area (Å²) in [4.78, 5) is 2.54. The van der Waals surface area contributed by atoms with E-state index in [1.807, 2.05) is 0 Å². The average Bonchev–Trinajstić information content (AvgIpc) is 3.43. The van der Waals surface area contributed by atoms with Gasteiger partial charge in [-0.1, -0.05) is 184 Å². The maximum absolute atomic E-state index is 2.54. The molecule has 0 fully saturated rings. The molecule has 1 heteroatoms. The van der Waals surface area contributed by atoms with Gasteiger partial charge in [0.2, 0.25) is 0 Å². The summed E-state index contributed by atoms with van der Waals surface area (Å²) in [6, 6.07) is 68.5. The lowest BCUT2D eigenvalue weighted by Gasteiger charge is -2.34. The molecule has 8 aromatic carbocycles. The summed E-state index contributed by atoms with van der Waals surface area (Å²) in [5.74, 6) is 0. The fraction of sp³-hybridized carbons (Fsp3) is 0.0612. The Balaban J connectivity index is 1.45. The van der Waals surface area contributed by atoms with E-state index in [0.717, 1.165) is 11.4 Å². The minimum absolute atomic E-state index is 0.197. The summed E-state index contributed by atoms with van der Waals surface area (Å²) in [6.07, 6.45) is 0. The van der Waals surface area contributed by atoms with Gasteiger partial charge < -0.3 is 4.90 Å². The Bertz CT molecular complexity index is 2480. The molecule has 0 atom stereocenters. The topological polar surface area (TPSA) is 3.24 Å². The number of nitrogens with zero attached hydrogens (tertiary/aromatic N) is 1. The smallest absolute Gasteiger partial charge is 0.0628 e. The van der Waals surface area contributed by atoms with Crippen molar-refractivity contribution in [2.75, 3.05) is 4.90 Å². The van der Waals surface area contributed by atoms with E-state index in [1.165, 1.54) is 72.1 Å². The number of para-hydroxylation sites is 1. The fourth-order valence-electron chi connectivity index (χ4n) is 8.19. The Morgan fingerprint density at radius 2 is 0.880 bits per heavy atom. The normalized spacial score (nSPS) is 12.8. The van der Waals surface area contributed by atoms with Gasteiger partial charge in [0.25, 0.3) is 0 Å². The molecule has 0 aromatic heterocycles. The molecule has 0 unspecified atom stereocenters. The van der Waals surface area contributed by atoms with E-state index in [2.05, 4.69) is 207 Å². The molecule has 0 radical (unpaired) electrons. The predicted molar refractivity (Wildman–Crippen MR) is 213 cm³/mol. The number of hydrogen-bond acceptors (Lipinski definition) is 1. The molecular formula is C49H37N. The molecule has 1 aliphatic carbocycles. The number of benzene rings is 8. The molecule has 0 spiro atoms. The maximum Gasteiger partial charge on any atom is 0.0628 e. The van der Waals surface area contributed by atoms with Crippen LogP contribution in [-0.4, -0.2) is 0 Å².